The van der Waals surface area contributed by atoms with Crippen LogP contribution in [-0.4, -0.2) is 41.5 Å². The lowest BCUT2D eigenvalue weighted by molar-refractivity contribution is -0.122. The fraction of sp³-hybridized carbons (Fsp3) is 0.476. The maximum Gasteiger partial charge on any atom is 0.407 e. The molecule has 1 saturated carbocycles. The van der Waals surface area contributed by atoms with Gasteiger partial charge in [0.15, 0.2) is 5.82 Å². The van der Waals surface area contributed by atoms with Gasteiger partial charge in [0.05, 0.1) is 0 Å². The first-order chi connectivity index (χ1) is 14.6. The van der Waals surface area contributed by atoms with Crippen molar-refractivity contribution in [2.24, 2.45) is 5.92 Å². The number of ether oxygens (including phenoxy) is 2. The summed E-state index contributed by atoms with van der Waals surface area (Å²) in [7, 11) is 0. The highest BCUT2D eigenvalue weighted by atomic mass is 35.5. The van der Waals surface area contributed by atoms with Crippen LogP contribution in [0.15, 0.2) is 30.3 Å². The zero-order chi connectivity index (χ0) is 20.9. The Morgan fingerprint density at radius 2 is 2.03 bits per heavy atom. The van der Waals surface area contributed by atoms with Crippen molar-refractivity contribution >= 4 is 29.4 Å². The van der Waals surface area contributed by atoms with Crippen molar-refractivity contribution in [2.75, 3.05) is 18.5 Å². The van der Waals surface area contributed by atoms with E-state index >= 15 is 0 Å². The monoisotopic (exact) mass is 432 g/mol. The van der Waals surface area contributed by atoms with Crippen LogP contribution in [0.4, 0.5) is 10.6 Å². The summed E-state index contributed by atoms with van der Waals surface area (Å²) in [5, 5.41) is 13.4. The van der Waals surface area contributed by atoms with Gasteiger partial charge in [-0.05, 0) is 43.4 Å². The summed E-state index contributed by atoms with van der Waals surface area (Å²) < 4.78 is 10.7. The van der Waals surface area contributed by atoms with E-state index in [-0.39, 0.29) is 23.8 Å². The summed E-state index contributed by atoms with van der Waals surface area (Å²) in [5.41, 5.74) is 1.86. The second-order valence-electron chi connectivity index (χ2n) is 7.76. The molecule has 0 radical (unpaired) electrons. The molecule has 2 amide bonds. The predicted molar refractivity (Wildman–Crippen MR) is 111 cm³/mol. The van der Waals surface area contributed by atoms with Gasteiger partial charge in [0.1, 0.15) is 6.10 Å². The number of halogens is 1. The van der Waals surface area contributed by atoms with Gasteiger partial charge in [-0.15, -0.1) is 0 Å². The van der Waals surface area contributed by atoms with Gasteiger partial charge in [-0.2, -0.15) is 5.10 Å². The number of carbonyl (C=O) groups is 2. The number of hydrogen-bond donors (Lipinski definition) is 3. The van der Waals surface area contributed by atoms with Crippen molar-refractivity contribution in [3.8, 4) is 0 Å². The van der Waals surface area contributed by atoms with E-state index in [2.05, 4.69) is 20.8 Å². The Balaban J connectivity index is 1.18. The maximum absolute atomic E-state index is 12.3. The molecule has 160 valence electrons. The second kappa shape index (κ2) is 9.49. The number of hydrogen-bond acceptors (Lipinski definition) is 5. The summed E-state index contributed by atoms with van der Waals surface area (Å²) in [6.45, 7) is 1.62. The van der Waals surface area contributed by atoms with Gasteiger partial charge in [0.2, 0.25) is 5.91 Å². The first-order valence-corrected chi connectivity index (χ1v) is 10.6. The average Bonchev–Trinajstić information content (AvgIpc) is 3.17. The van der Waals surface area contributed by atoms with Crippen LogP contribution in [0, 0.1) is 5.92 Å². The van der Waals surface area contributed by atoms with E-state index in [9.17, 15) is 9.59 Å². The minimum atomic E-state index is -0.438. The Bertz CT molecular complexity index is 891. The van der Waals surface area contributed by atoms with Crippen LogP contribution >= 0.6 is 11.6 Å². The number of aromatic nitrogens is 2. The molecule has 8 nitrogen and oxygen atoms in total. The Kier molecular flexibility index (Phi) is 6.54. The van der Waals surface area contributed by atoms with Crippen LogP contribution in [0.3, 0.4) is 0 Å². The molecular weight excluding hydrogens is 408 g/mol. The first-order valence-electron chi connectivity index (χ1n) is 10.2. The Hall–Kier alpha value is -2.58. The number of alkyl carbamates (subject to hydrolysis) is 1. The molecule has 0 bridgehead atoms. The molecule has 9 heteroatoms. The van der Waals surface area contributed by atoms with Gasteiger partial charge >= 0.3 is 6.09 Å². The van der Waals surface area contributed by atoms with Crippen molar-refractivity contribution in [3.63, 3.8) is 0 Å². The molecule has 1 aliphatic heterocycles. The highest BCUT2D eigenvalue weighted by Crippen LogP contribution is 2.38. The number of carbonyl (C=O) groups excluding carboxylic acids is 2. The zero-order valence-corrected chi connectivity index (χ0v) is 17.3. The molecule has 2 fully saturated rings. The normalized spacial score (nSPS) is 21.5. The fourth-order valence-electron chi connectivity index (χ4n) is 3.73. The predicted octanol–water partition coefficient (Wildman–Crippen LogP) is 3.60. The van der Waals surface area contributed by atoms with Gasteiger partial charge in [-0.25, -0.2) is 4.79 Å². The molecule has 30 heavy (non-hydrogen) atoms. The van der Waals surface area contributed by atoms with Crippen LogP contribution in [0.5, 0.6) is 0 Å². The summed E-state index contributed by atoms with van der Waals surface area (Å²) in [6, 6.07) is 9.18. The summed E-state index contributed by atoms with van der Waals surface area (Å²) in [4.78, 5) is 24.3. The highest BCUT2D eigenvalue weighted by molar-refractivity contribution is 6.30. The number of nitrogens with zero attached hydrogens (tertiary/aromatic N) is 1. The Morgan fingerprint density at radius 3 is 2.80 bits per heavy atom. The second-order valence-corrected chi connectivity index (χ2v) is 8.20. The van der Waals surface area contributed by atoms with Crippen molar-refractivity contribution in [2.45, 2.75) is 44.2 Å². The number of anilines is 1. The molecule has 1 aromatic heterocycles. The molecule has 1 saturated heterocycles. The Morgan fingerprint density at radius 1 is 1.23 bits per heavy atom. The van der Waals surface area contributed by atoms with E-state index < -0.39 is 6.09 Å². The van der Waals surface area contributed by atoms with Gasteiger partial charge in [0, 0.05) is 48.4 Å². The molecule has 0 unspecified atom stereocenters. The van der Waals surface area contributed by atoms with Gasteiger partial charge < -0.3 is 20.1 Å². The first kappa shape index (κ1) is 20.7. The number of rotatable bonds is 6. The van der Waals surface area contributed by atoms with Crippen LogP contribution in [0.2, 0.25) is 5.02 Å². The SMILES string of the molecule is O=C(NCc1cccc(Cl)c1)OC1CC(c2cc(NC(=O)C3CCOCC3)n[nH]2)C1. The number of H-pyrrole nitrogens is 1. The summed E-state index contributed by atoms with van der Waals surface area (Å²) in [5.74, 6) is 0.732. The van der Waals surface area contributed by atoms with E-state index in [0.717, 1.165) is 36.9 Å². The van der Waals surface area contributed by atoms with Gasteiger partial charge in [-0.1, -0.05) is 23.7 Å². The van der Waals surface area contributed by atoms with Crippen LogP contribution in [0.25, 0.3) is 0 Å². The third-order valence-corrected chi connectivity index (χ3v) is 5.81. The number of aromatic amines is 1. The standard InChI is InChI=1S/C21H25ClN4O4/c22-16-3-1-2-13(8-16)12-23-21(28)30-17-9-15(10-17)18-11-19(26-25-18)24-20(27)14-4-6-29-7-5-14/h1-3,8,11,14-15,17H,4-7,9-10,12H2,(H,23,28)(H2,24,25,26,27). The lowest BCUT2D eigenvalue weighted by atomic mass is 9.80. The third kappa shape index (κ3) is 5.31. The van der Waals surface area contributed by atoms with Crippen LogP contribution < -0.4 is 10.6 Å². The lowest BCUT2D eigenvalue weighted by Gasteiger charge is -2.33. The molecule has 1 aromatic carbocycles. The maximum atomic E-state index is 12.3. The molecule has 0 atom stereocenters. The molecule has 1 aliphatic carbocycles. The van der Waals surface area contributed by atoms with E-state index in [1.54, 1.807) is 12.1 Å². The average molecular weight is 433 g/mol. The lowest BCUT2D eigenvalue weighted by Crippen LogP contribution is -2.36. The third-order valence-electron chi connectivity index (χ3n) is 5.58. The molecule has 0 spiro atoms. The smallest absolute Gasteiger partial charge is 0.407 e. The van der Waals surface area contributed by atoms with Crippen LogP contribution in [-0.2, 0) is 20.8 Å². The van der Waals surface area contributed by atoms with Crippen LogP contribution in [0.1, 0.15) is 42.9 Å². The number of benzene rings is 1. The molecule has 2 aliphatic rings. The largest absolute Gasteiger partial charge is 0.446 e. The highest BCUT2D eigenvalue weighted by Gasteiger charge is 2.34. The van der Waals surface area contributed by atoms with Crippen molar-refractivity contribution in [1.29, 1.82) is 0 Å². The molecule has 2 aromatic rings. The number of amides is 2. The molecule has 4 rings (SSSR count). The fourth-order valence-corrected chi connectivity index (χ4v) is 3.94. The molecule has 2 heterocycles. The van der Waals surface area contributed by atoms with E-state index in [1.165, 1.54) is 0 Å². The van der Waals surface area contributed by atoms with E-state index in [1.807, 2.05) is 18.2 Å². The number of nitrogens with one attached hydrogen (secondary N) is 3. The topological polar surface area (TPSA) is 105 Å². The molecule has 3 N–H and O–H groups in total. The minimum absolute atomic E-state index is 0.0115. The summed E-state index contributed by atoms with van der Waals surface area (Å²) >= 11 is 5.94. The van der Waals surface area contributed by atoms with E-state index in [0.29, 0.717) is 30.6 Å². The molecular formula is C21H25ClN4O4. The van der Waals surface area contributed by atoms with Crippen molar-refractivity contribution in [3.05, 3.63) is 46.6 Å². The summed E-state index contributed by atoms with van der Waals surface area (Å²) in [6.07, 6.45) is 2.36. The van der Waals surface area contributed by atoms with E-state index in [4.69, 9.17) is 21.1 Å². The van der Waals surface area contributed by atoms with Gasteiger partial charge in [-0.3, -0.25) is 9.89 Å². The quantitative estimate of drug-likeness (QED) is 0.646. The van der Waals surface area contributed by atoms with Crippen molar-refractivity contribution < 1.29 is 19.1 Å². The Labute approximate surface area is 179 Å². The minimum Gasteiger partial charge on any atom is -0.446 e. The van der Waals surface area contributed by atoms with Gasteiger partial charge in [0.25, 0.3) is 0 Å². The van der Waals surface area contributed by atoms with Crippen molar-refractivity contribution in [1.82, 2.24) is 15.5 Å². The zero-order valence-electron chi connectivity index (χ0n) is 16.5.